The fourth-order valence-electron chi connectivity index (χ4n) is 2.94. The van der Waals surface area contributed by atoms with Crippen LogP contribution < -0.4 is 5.32 Å². The van der Waals surface area contributed by atoms with E-state index in [1.807, 2.05) is 0 Å². The zero-order valence-electron chi connectivity index (χ0n) is 12.7. The summed E-state index contributed by atoms with van der Waals surface area (Å²) in [7, 11) is 0. The van der Waals surface area contributed by atoms with Gasteiger partial charge in [0.2, 0.25) is 0 Å². The molecule has 3 nitrogen and oxygen atoms in total. The molecule has 2 saturated heterocycles. The Morgan fingerprint density at radius 3 is 2.84 bits per heavy atom. The van der Waals surface area contributed by atoms with Crippen LogP contribution in [0, 0.1) is 5.92 Å². The Bertz CT molecular complexity index is 263. The van der Waals surface area contributed by atoms with Crippen LogP contribution in [0.2, 0.25) is 0 Å². The molecule has 3 atom stereocenters. The van der Waals surface area contributed by atoms with Crippen LogP contribution in [-0.2, 0) is 4.74 Å². The number of nitrogens with zero attached hydrogens (tertiary/aromatic N) is 1. The third kappa shape index (κ3) is 5.62. The van der Waals surface area contributed by atoms with E-state index < -0.39 is 0 Å². The van der Waals surface area contributed by atoms with Gasteiger partial charge in [0.25, 0.3) is 0 Å². The molecule has 0 radical (unpaired) electrons. The van der Waals surface area contributed by atoms with Gasteiger partial charge >= 0.3 is 0 Å². The van der Waals surface area contributed by atoms with E-state index in [-0.39, 0.29) is 0 Å². The van der Waals surface area contributed by atoms with E-state index in [1.165, 1.54) is 31.7 Å². The highest BCUT2D eigenvalue weighted by Crippen LogP contribution is 2.23. The van der Waals surface area contributed by atoms with Crippen LogP contribution in [0.15, 0.2) is 0 Å². The van der Waals surface area contributed by atoms with Gasteiger partial charge < -0.3 is 10.1 Å². The van der Waals surface area contributed by atoms with E-state index in [1.54, 1.807) is 0 Å². The molecule has 19 heavy (non-hydrogen) atoms. The molecule has 0 spiro atoms. The molecule has 112 valence electrons. The summed E-state index contributed by atoms with van der Waals surface area (Å²) < 4.78 is 6.17. The van der Waals surface area contributed by atoms with E-state index >= 15 is 0 Å². The molecule has 0 aromatic carbocycles. The second-order valence-corrected chi connectivity index (χ2v) is 8.00. The molecule has 3 unspecified atom stereocenters. The third-order valence-electron chi connectivity index (χ3n) is 3.91. The monoisotopic (exact) mass is 286 g/mol. The largest absolute Gasteiger partial charge is 0.372 e. The number of thioether (sulfide) groups is 1. The molecule has 0 saturated carbocycles. The summed E-state index contributed by atoms with van der Waals surface area (Å²) in [5.74, 6) is 2.01. The average Bonchev–Trinajstić information content (AvgIpc) is 2.76. The van der Waals surface area contributed by atoms with Crippen molar-refractivity contribution in [2.45, 2.75) is 51.1 Å². The SMILES string of the molecule is CC(C)CNCC1CCC(CN2CCSC(C)C2)O1. The van der Waals surface area contributed by atoms with Crippen molar-refractivity contribution in [3.05, 3.63) is 0 Å². The lowest BCUT2D eigenvalue weighted by Crippen LogP contribution is -2.41. The van der Waals surface area contributed by atoms with E-state index in [9.17, 15) is 0 Å². The van der Waals surface area contributed by atoms with Gasteiger partial charge in [-0.15, -0.1) is 0 Å². The molecule has 2 heterocycles. The Labute approximate surface area is 122 Å². The molecular weight excluding hydrogens is 256 g/mol. The van der Waals surface area contributed by atoms with Gasteiger partial charge in [-0.25, -0.2) is 0 Å². The Morgan fingerprint density at radius 2 is 2.11 bits per heavy atom. The minimum atomic E-state index is 0.445. The highest BCUT2D eigenvalue weighted by atomic mass is 32.2. The molecular formula is C15H30N2OS. The van der Waals surface area contributed by atoms with Crippen molar-refractivity contribution in [2.24, 2.45) is 5.92 Å². The maximum Gasteiger partial charge on any atom is 0.0707 e. The number of nitrogens with one attached hydrogen (secondary N) is 1. The van der Waals surface area contributed by atoms with Crippen LogP contribution in [0.3, 0.4) is 0 Å². The van der Waals surface area contributed by atoms with Crippen molar-refractivity contribution in [3.8, 4) is 0 Å². The van der Waals surface area contributed by atoms with Crippen molar-refractivity contribution in [1.29, 1.82) is 0 Å². The highest BCUT2D eigenvalue weighted by Gasteiger charge is 2.28. The standard InChI is InChI=1S/C15H30N2OS/c1-12(2)8-16-9-14-4-5-15(18-14)11-17-6-7-19-13(3)10-17/h12-16H,4-11H2,1-3H3. The number of ether oxygens (including phenoxy) is 1. The molecule has 2 fully saturated rings. The minimum Gasteiger partial charge on any atom is -0.372 e. The summed E-state index contributed by atoms with van der Waals surface area (Å²) in [5.41, 5.74) is 0. The van der Waals surface area contributed by atoms with E-state index in [0.717, 1.165) is 30.8 Å². The van der Waals surface area contributed by atoms with Crippen molar-refractivity contribution in [1.82, 2.24) is 10.2 Å². The average molecular weight is 286 g/mol. The Balaban J connectivity index is 1.61. The summed E-state index contributed by atoms with van der Waals surface area (Å²) in [4.78, 5) is 2.59. The number of hydrogen-bond donors (Lipinski definition) is 1. The number of rotatable bonds is 6. The Kier molecular flexibility index (Phi) is 6.46. The minimum absolute atomic E-state index is 0.445. The lowest BCUT2D eigenvalue weighted by molar-refractivity contribution is 0.0240. The molecule has 2 rings (SSSR count). The predicted octanol–water partition coefficient (Wildman–Crippen LogP) is 2.22. The van der Waals surface area contributed by atoms with E-state index in [2.05, 4.69) is 42.7 Å². The first-order chi connectivity index (χ1) is 9.13. The highest BCUT2D eigenvalue weighted by molar-refractivity contribution is 7.99. The third-order valence-corrected chi connectivity index (χ3v) is 5.04. The smallest absolute Gasteiger partial charge is 0.0707 e. The molecule has 2 aliphatic heterocycles. The second-order valence-electron chi connectivity index (χ2n) is 6.45. The maximum absolute atomic E-state index is 6.17. The first kappa shape index (κ1) is 15.6. The van der Waals surface area contributed by atoms with Crippen molar-refractivity contribution in [2.75, 3.05) is 38.5 Å². The number of hydrogen-bond acceptors (Lipinski definition) is 4. The topological polar surface area (TPSA) is 24.5 Å². The predicted molar refractivity (Wildman–Crippen MR) is 84.0 cm³/mol. The summed E-state index contributed by atoms with van der Waals surface area (Å²) in [6.45, 7) is 12.6. The van der Waals surface area contributed by atoms with Gasteiger partial charge in [-0.3, -0.25) is 4.90 Å². The molecule has 0 aromatic heterocycles. The molecule has 1 N–H and O–H groups in total. The van der Waals surface area contributed by atoms with Gasteiger partial charge in [-0.1, -0.05) is 20.8 Å². The summed E-state index contributed by atoms with van der Waals surface area (Å²) in [6.07, 6.45) is 3.39. The van der Waals surface area contributed by atoms with Gasteiger partial charge in [0, 0.05) is 37.2 Å². The van der Waals surface area contributed by atoms with Gasteiger partial charge in [-0.2, -0.15) is 11.8 Å². The van der Waals surface area contributed by atoms with Crippen LogP contribution in [0.5, 0.6) is 0 Å². The maximum atomic E-state index is 6.17. The molecule has 0 bridgehead atoms. The van der Waals surface area contributed by atoms with Crippen LogP contribution in [0.4, 0.5) is 0 Å². The fourth-order valence-corrected chi connectivity index (χ4v) is 4.02. The summed E-state index contributed by atoms with van der Waals surface area (Å²) in [5, 5.41) is 4.31. The molecule has 0 aromatic rings. The normalized spacial score (nSPS) is 33.2. The molecule has 0 amide bonds. The van der Waals surface area contributed by atoms with Crippen LogP contribution in [0.25, 0.3) is 0 Å². The Morgan fingerprint density at radius 1 is 1.32 bits per heavy atom. The van der Waals surface area contributed by atoms with Gasteiger partial charge in [0.1, 0.15) is 0 Å². The van der Waals surface area contributed by atoms with Crippen LogP contribution in [-0.4, -0.2) is 60.8 Å². The Hall–Kier alpha value is 0.230. The zero-order chi connectivity index (χ0) is 13.7. The van der Waals surface area contributed by atoms with Gasteiger partial charge in [0.15, 0.2) is 0 Å². The van der Waals surface area contributed by atoms with Gasteiger partial charge in [0.05, 0.1) is 12.2 Å². The summed E-state index contributed by atoms with van der Waals surface area (Å²) >= 11 is 2.10. The van der Waals surface area contributed by atoms with Crippen molar-refractivity contribution in [3.63, 3.8) is 0 Å². The summed E-state index contributed by atoms with van der Waals surface area (Å²) in [6, 6.07) is 0. The first-order valence-corrected chi connectivity index (χ1v) is 8.88. The van der Waals surface area contributed by atoms with Crippen LogP contribution in [0.1, 0.15) is 33.6 Å². The zero-order valence-corrected chi connectivity index (χ0v) is 13.5. The molecule has 2 aliphatic rings. The molecule has 0 aliphatic carbocycles. The lowest BCUT2D eigenvalue weighted by Gasteiger charge is -2.32. The lowest BCUT2D eigenvalue weighted by atomic mass is 10.1. The molecule has 4 heteroatoms. The van der Waals surface area contributed by atoms with Crippen LogP contribution >= 0.6 is 11.8 Å². The first-order valence-electron chi connectivity index (χ1n) is 7.83. The van der Waals surface area contributed by atoms with E-state index in [4.69, 9.17) is 4.74 Å². The quantitative estimate of drug-likeness (QED) is 0.809. The second kappa shape index (κ2) is 7.87. The van der Waals surface area contributed by atoms with Gasteiger partial charge in [-0.05, 0) is 25.3 Å². The van der Waals surface area contributed by atoms with Crippen molar-refractivity contribution >= 4 is 11.8 Å². The van der Waals surface area contributed by atoms with E-state index in [0.29, 0.717) is 12.2 Å². The van der Waals surface area contributed by atoms with Crippen molar-refractivity contribution < 1.29 is 4.74 Å². The fraction of sp³-hybridized carbons (Fsp3) is 1.00.